The molecule has 7 heteroatoms. The number of pyridine rings is 1. The highest BCUT2D eigenvalue weighted by Gasteiger charge is 2.05. The lowest BCUT2D eigenvalue weighted by molar-refractivity contribution is -0.116. The second kappa shape index (κ2) is 9.66. The maximum atomic E-state index is 11.9. The van der Waals surface area contributed by atoms with Crippen molar-refractivity contribution in [2.45, 2.75) is 45.4 Å². The lowest BCUT2D eigenvalue weighted by atomic mass is 10.1. The molecule has 0 radical (unpaired) electrons. The van der Waals surface area contributed by atoms with Gasteiger partial charge in [0, 0.05) is 18.3 Å². The molecule has 1 aromatic carbocycles. The molecule has 3 aromatic rings. The Hall–Kier alpha value is -2.96. The van der Waals surface area contributed by atoms with Crippen LogP contribution in [-0.4, -0.2) is 32.7 Å². The number of hydrogen-bond donors (Lipinski definition) is 1. The number of fused-ring (bicyclic) bond motifs is 1. The molecule has 0 aliphatic heterocycles. The Morgan fingerprint density at radius 3 is 2.70 bits per heavy atom. The van der Waals surface area contributed by atoms with Gasteiger partial charge in [0.2, 0.25) is 11.6 Å². The maximum absolute atomic E-state index is 11.9. The predicted octanol–water partition coefficient (Wildman–Crippen LogP) is 3.54. The molecule has 1 N–H and O–H groups in total. The summed E-state index contributed by atoms with van der Waals surface area (Å²) in [4.78, 5) is 23.1. The Kier molecular flexibility index (Phi) is 6.73. The Morgan fingerprint density at radius 1 is 1.07 bits per heavy atom. The van der Waals surface area contributed by atoms with E-state index in [0.717, 1.165) is 43.3 Å². The quantitative estimate of drug-likeness (QED) is 0.554. The minimum atomic E-state index is 0.0766. The van der Waals surface area contributed by atoms with Gasteiger partial charge >= 0.3 is 0 Å². The second-order valence-electron chi connectivity index (χ2n) is 6.57. The van der Waals surface area contributed by atoms with Crippen molar-refractivity contribution in [2.24, 2.45) is 0 Å². The Balaban J connectivity index is 1.23. The molecule has 3 rings (SSSR count). The number of amides is 1. The van der Waals surface area contributed by atoms with Crippen LogP contribution in [0.5, 0.6) is 0 Å². The highest BCUT2D eigenvalue weighted by molar-refractivity contribution is 5.90. The predicted molar refractivity (Wildman–Crippen MR) is 104 cm³/mol. The lowest BCUT2D eigenvalue weighted by Gasteiger charge is -2.06. The molecule has 0 spiro atoms. The number of anilines is 1. The molecule has 142 valence electrons. The number of nitrogens with one attached hydrogen (secondary N) is 1. The van der Waals surface area contributed by atoms with Crippen molar-refractivity contribution in [1.29, 1.82) is 0 Å². The van der Waals surface area contributed by atoms with Gasteiger partial charge in [0.05, 0.1) is 0 Å². The molecule has 7 nitrogen and oxygen atoms in total. The second-order valence-corrected chi connectivity index (χ2v) is 6.57. The van der Waals surface area contributed by atoms with Crippen molar-refractivity contribution in [3.63, 3.8) is 0 Å². The molecule has 0 fully saturated rings. The summed E-state index contributed by atoms with van der Waals surface area (Å²) in [6.45, 7) is 2.60. The molecule has 2 heterocycles. The van der Waals surface area contributed by atoms with Crippen molar-refractivity contribution >= 4 is 22.8 Å². The van der Waals surface area contributed by atoms with Gasteiger partial charge in [0.15, 0.2) is 0 Å². The number of hydrogen-bond acceptors (Lipinski definition) is 5. The molecule has 27 heavy (non-hydrogen) atoms. The Labute approximate surface area is 158 Å². The zero-order chi connectivity index (χ0) is 18.9. The Bertz CT molecular complexity index is 860. The van der Waals surface area contributed by atoms with Crippen LogP contribution in [0.15, 0.2) is 42.6 Å². The van der Waals surface area contributed by atoms with Crippen LogP contribution in [0.25, 0.3) is 11.2 Å². The molecule has 0 aliphatic rings. The summed E-state index contributed by atoms with van der Waals surface area (Å²) in [6.07, 6.45) is 7.26. The van der Waals surface area contributed by atoms with Crippen LogP contribution in [0.4, 0.5) is 5.69 Å². The maximum Gasteiger partial charge on any atom is 0.224 e. The summed E-state index contributed by atoms with van der Waals surface area (Å²) in [5.74, 6) is 0.0766. The standard InChI is InChI=1S/C20H25N5O2/c1-16-10-12-17(13-11-16)22-19(26)9-5-3-2-4-6-15-27-25-20-18(23-24-25)8-7-14-21-20/h7-8,10-14H,2-6,9,15H2,1H3,(H,22,26). The number of rotatable bonds is 10. The molecule has 2 aromatic heterocycles. The molecule has 1 amide bonds. The van der Waals surface area contributed by atoms with Gasteiger partial charge in [-0.15, -0.1) is 5.10 Å². The number of benzene rings is 1. The first kappa shape index (κ1) is 18.8. The van der Waals surface area contributed by atoms with E-state index in [1.807, 2.05) is 43.3 Å². The van der Waals surface area contributed by atoms with Gasteiger partial charge in [-0.3, -0.25) is 4.79 Å². The largest absolute Gasteiger partial charge is 0.394 e. The van der Waals surface area contributed by atoms with Gasteiger partial charge in [-0.2, -0.15) is 0 Å². The van der Waals surface area contributed by atoms with Crippen molar-refractivity contribution < 1.29 is 9.63 Å². The molecule has 0 saturated heterocycles. The molecule has 0 unspecified atom stereocenters. The van der Waals surface area contributed by atoms with E-state index in [1.165, 1.54) is 10.4 Å². The molecule has 0 atom stereocenters. The Morgan fingerprint density at radius 2 is 1.85 bits per heavy atom. The van der Waals surface area contributed by atoms with E-state index in [2.05, 4.69) is 20.6 Å². The molecule has 0 aliphatic carbocycles. The van der Waals surface area contributed by atoms with Crippen molar-refractivity contribution in [2.75, 3.05) is 11.9 Å². The van der Waals surface area contributed by atoms with E-state index in [9.17, 15) is 4.79 Å². The molecular weight excluding hydrogens is 342 g/mol. The number of nitrogens with zero attached hydrogens (tertiary/aromatic N) is 4. The summed E-state index contributed by atoms with van der Waals surface area (Å²) < 4.78 is 0. The highest BCUT2D eigenvalue weighted by atomic mass is 16.7. The van der Waals surface area contributed by atoms with Gasteiger partial charge in [-0.1, -0.05) is 35.4 Å². The van der Waals surface area contributed by atoms with Gasteiger partial charge in [-0.25, -0.2) is 4.98 Å². The zero-order valence-electron chi connectivity index (χ0n) is 15.6. The van der Waals surface area contributed by atoms with Crippen molar-refractivity contribution in [1.82, 2.24) is 20.1 Å². The van der Waals surface area contributed by atoms with E-state index in [4.69, 9.17) is 4.84 Å². The zero-order valence-corrected chi connectivity index (χ0v) is 15.6. The summed E-state index contributed by atoms with van der Waals surface area (Å²) >= 11 is 0. The van der Waals surface area contributed by atoms with Crippen LogP contribution in [0.3, 0.4) is 0 Å². The minimum absolute atomic E-state index is 0.0766. The van der Waals surface area contributed by atoms with E-state index in [1.54, 1.807) is 6.20 Å². The van der Waals surface area contributed by atoms with E-state index < -0.39 is 0 Å². The van der Waals surface area contributed by atoms with E-state index >= 15 is 0 Å². The first-order valence-corrected chi connectivity index (χ1v) is 9.38. The van der Waals surface area contributed by atoms with Gasteiger partial charge in [-0.05, 0) is 55.7 Å². The number of unbranched alkanes of at least 4 members (excludes halogenated alkanes) is 4. The van der Waals surface area contributed by atoms with E-state index in [-0.39, 0.29) is 5.91 Å². The molecule has 0 saturated carbocycles. The van der Waals surface area contributed by atoms with Crippen LogP contribution in [-0.2, 0) is 4.79 Å². The van der Waals surface area contributed by atoms with Gasteiger partial charge in [0.1, 0.15) is 12.1 Å². The third-order valence-electron chi connectivity index (χ3n) is 4.28. The van der Waals surface area contributed by atoms with Crippen LogP contribution in [0.2, 0.25) is 0 Å². The topological polar surface area (TPSA) is 81.9 Å². The normalized spacial score (nSPS) is 10.9. The lowest BCUT2D eigenvalue weighted by Crippen LogP contribution is -2.14. The number of aryl methyl sites for hydroxylation is 1. The fraction of sp³-hybridized carbons (Fsp3) is 0.400. The average Bonchev–Trinajstić information content (AvgIpc) is 3.09. The van der Waals surface area contributed by atoms with Gasteiger partial charge in [0.25, 0.3) is 0 Å². The van der Waals surface area contributed by atoms with Crippen molar-refractivity contribution in [3.05, 3.63) is 48.2 Å². The third kappa shape index (κ3) is 5.77. The van der Waals surface area contributed by atoms with Crippen LogP contribution >= 0.6 is 0 Å². The fourth-order valence-corrected chi connectivity index (χ4v) is 2.76. The monoisotopic (exact) mass is 367 g/mol. The van der Waals surface area contributed by atoms with Crippen LogP contribution in [0, 0.1) is 6.92 Å². The summed E-state index contributed by atoms with van der Waals surface area (Å²) in [5, 5.41) is 10.9. The summed E-state index contributed by atoms with van der Waals surface area (Å²) in [5.41, 5.74) is 3.40. The van der Waals surface area contributed by atoms with Crippen LogP contribution < -0.4 is 10.2 Å². The summed E-state index contributed by atoms with van der Waals surface area (Å²) in [6, 6.07) is 11.5. The first-order chi connectivity index (χ1) is 13.2. The number of carbonyl (C=O) groups is 1. The highest BCUT2D eigenvalue weighted by Crippen LogP contribution is 2.11. The van der Waals surface area contributed by atoms with Crippen molar-refractivity contribution in [3.8, 4) is 0 Å². The average molecular weight is 367 g/mol. The SMILES string of the molecule is Cc1ccc(NC(=O)CCCCCCCOn2nnc3cccnc32)cc1. The fourth-order valence-electron chi connectivity index (χ4n) is 2.76. The first-order valence-electron chi connectivity index (χ1n) is 9.38. The van der Waals surface area contributed by atoms with Crippen LogP contribution in [0.1, 0.15) is 44.1 Å². The van der Waals surface area contributed by atoms with E-state index in [0.29, 0.717) is 18.7 Å². The number of aromatic nitrogens is 4. The summed E-state index contributed by atoms with van der Waals surface area (Å²) in [7, 11) is 0. The number of carbonyl (C=O) groups excluding carboxylic acids is 1. The molecular formula is C20H25N5O2. The molecule has 0 bridgehead atoms. The smallest absolute Gasteiger partial charge is 0.224 e. The third-order valence-corrected chi connectivity index (χ3v) is 4.28. The van der Waals surface area contributed by atoms with Gasteiger partial charge < -0.3 is 10.2 Å². The minimum Gasteiger partial charge on any atom is -0.394 e.